The first-order chi connectivity index (χ1) is 17.1. The van der Waals surface area contributed by atoms with Crippen molar-refractivity contribution in [2.24, 2.45) is 0 Å². The average Bonchev–Trinajstić information content (AvgIpc) is 2.89. The zero-order valence-corrected chi connectivity index (χ0v) is 19.0. The number of anilines is 2. The predicted molar refractivity (Wildman–Crippen MR) is 124 cm³/mol. The molecule has 1 aliphatic heterocycles. The van der Waals surface area contributed by atoms with Crippen LogP contribution in [0.3, 0.4) is 0 Å². The molecule has 190 valence electrons. The molecule has 2 N–H and O–H groups in total. The number of aromatic nitrogens is 2. The van der Waals surface area contributed by atoms with Gasteiger partial charge in [-0.3, -0.25) is 9.78 Å². The van der Waals surface area contributed by atoms with Gasteiger partial charge in [-0.2, -0.15) is 13.2 Å². The number of benzene rings is 1. The molecule has 36 heavy (non-hydrogen) atoms. The number of nitrogens with one attached hydrogen (secondary N) is 1. The van der Waals surface area contributed by atoms with Crippen molar-refractivity contribution in [3.05, 3.63) is 84.2 Å². The minimum absolute atomic E-state index is 0.247. The molecule has 0 aliphatic carbocycles. The minimum atomic E-state index is -5.08. The molecule has 0 bridgehead atoms. The van der Waals surface area contributed by atoms with E-state index in [2.05, 4.69) is 25.1 Å². The summed E-state index contributed by atoms with van der Waals surface area (Å²) in [5, 5.41) is 9.93. The molecule has 0 radical (unpaired) electrons. The van der Waals surface area contributed by atoms with Gasteiger partial charge in [0.1, 0.15) is 11.5 Å². The highest BCUT2D eigenvalue weighted by atomic mass is 19.4. The number of carboxylic acid groups (broad SMARTS) is 1. The largest absolute Gasteiger partial charge is 0.490 e. The number of hydrogen-bond donors (Lipinski definition) is 2. The van der Waals surface area contributed by atoms with Gasteiger partial charge < -0.3 is 20.2 Å². The zero-order valence-electron chi connectivity index (χ0n) is 19.0. The highest BCUT2D eigenvalue weighted by Crippen LogP contribution is 2.19. The van der Waals surface area contributed by atoms with Crippen molar-refractivity contribution in [1.82, 2.24) is 15.3 Å². The lowest BCUT2D eigenvalue weighted by Crippen LogP contribution is -2.46. The van der Waals surface area contributed by atoms with Crippen molar-refractivity contribution >= 4 is 23.3 Å². The fourth-order valence-corrected chi connectivity index (χ4v) is 3.36. The van der Waals surface area contributed by atoms with Crippen LogP contribution in [0.2, 0.25) is 0 Å². The molecule has 3 heterocycles. The number of piperazine rings is 1. The Labute approximate surface area is 204 Å². The third kappa shape index (κ3) is 7.65. The lowest BCUT2D eigenvalue weighted by atomic mass is 10.2. The number of hydrogen-bond acceptors (Lipinski definition) is 6. The standard InChI is InChI=1S/C22H22FN5O.C2HF3O2/c23-18-3-1-17(2-4-18)15-26-22(29)21-6-5-20(16-25-21)28-13-11-27(12-14-28)19-7-9-24-10-8-19;3-2(4,5)1(6)7/h1-10,16H,11-15H2,(H,26,29);(H,6,7). The molecule has 1 aliphatic rings. The van der Waals surface area contributed by atoms with Crippen LogP contribution in [0, 0.1) is 5.82 Å². The van der Waals surface area contributed by atoms with Crippen molar-refractivity contribution < 1.29 is 32.3 Å². The lowest BCUT2D eigenvalue weighted by molar-refractivity contribution is -0.192. The van der Waals surface area contributed by atoms with Crippen LogP contribution >= 0.6 is 0 Å². The number of carbonyl (C=O) groups excluding carboxylic acids is 1. The van der Waals surface area contributed by atoms with Crippen LogP contribution < -0.4 is 15.1 Å². The molecule has 12 heteroatoms. The number of nitrogens with zero attached hydrogens (tertiary/aromatic N) is 4. The molecule has 4 rings (SSSR count). The van der Waals surface area contributed by atoms with Crippen molar-refractivity contribution in [2.75, 3.05) is 36.0 Å². The van der Waals surface area contributed by atoms with E-state index < -0.39 is 12.1 Å². The summed E-state index contributed by atoms with van der Waals surface area (Å²) >= 11 is 0. The summed E-state index contributed by atoms with van der Waals surface area (Å²) in [6, 6.07) is 13.8. The molecular weight excluding hydrogens is 482 g/mol. The Morgan fingerprint density at radius 3 is 1.94 bits per heavy atom. The summed E-state index contributed by atoms with van der Waals surface area (Å²) in [6.07, 6.45) is 0.284. The van der Waals surface area contributed by atoms with Gasteiger partial charge in [0.15, 0.2) is 0 Å². The Morgan fingerprint density at radius 1 is 0.889 bits per heavy atom. The van der Waals surface area contributed by atoms with E-state index >= 15 is 0 Å². The van der Waals surface area contributed by atoms with Gasteiger partial charge in [-0.05, 0) is 42.0 Å². The number of carbonyl (C=O) groups is 2. The van der Waals surface area contributed by atoms with Crippen LogP contribution in [-0.2, 0) is 11.3 Å². The maximum Gasteiger partial charge on any atom is 0.490 e. The fraction of sp³-hybridized carbons (Fsp3) is 0.250. The van der Waals surface area contributed by atoms with Gasteiger partial charge in [-0.1, -0.05) is 12.1 Å². The van der Waals surface area contributed by atoms with Gasteiger partial charge in [0.25, 0.3) is 5.91 Å². The van der Waals surface area contributed by atoms with E-state index in [1.807, 2.05) is 30.6 Å². The monoisotopic (exact) mass is 505 g/mol. The number of alkyl halides is 3. The molecule has 0 spiro atoms. The molecular formula is C24H23F4N5O3. The van der Waals surface area contributed by atoms with Gasteiger partial charge in [0.05, 0.1) is 11.9 Å². The molecule has 1 amide bonds. The molecule has 0 saturated carbocycles. The summed E-state index contributed by atoms with van der Waals surface area (Å²) in [6.45, 7) is 3.95. The van der Waals surface area contributed by atoms with E-state index in [4.69, 9.17) is 9.90 Å². The molecule has 2 aromatic heterocycles. The first-order valence-electron chi connectivity index (χ1n) is 10.8. The number of amides is 1. The normalized spacial score (nSPS) is 13.4. The van der Waals surface area contributed by atoms with Crippen molar-refractivity contribution in [3.63, 3.8) is 0 Å². The van der Waals surface area contributed by atoms with Gasteiger partial charge in [0.2, 0.25) is 0 Å². The SMILES string of the molecule is O=C(NCc1ccc(F)cc1)c1ccc(N2CCN(c3ccncc3)CC2)cn1.O=C(O)C(F)(F)F. The summed E-state index contributed by atoms with van der Waals surface area (Å²) in [5.74, 6) is -3.30. The molecule has 0 unspecified atom stereocenters. The summed E-state index contributed by atoms with van der Waals surface area (Å²) in [7, 11) is 0. The van der Waals surface area contributed by atoms with Crippen molar-refractivity contribution in [2.45, 2.75) is 12.7 Å². The van der Waals surface area contributed by atoms with Gasteiger partial charge >= 0.3 is 12.1 Å². The third-order valence-electron chi connectivity index (χ3n) is 5.26. The maximum absolute atomic E-state index is 12.9. The van der Waals surface area contributed by atoms with Gasteiger partial charge in [-0.15, -0.1) is 0 Å². The summed E-state index contributed by atoms with van der Waals surface area (Å²) in [4.78, 5) is 34.2. The Kier molecular flexibility index (Phi) is 8.76. The van der Waals surface area contributed by atoms with E-state index in [-0.39, 0.29) is 11.7 Å². The Hall–Kier alpha value is -4.22. The Morgan fingerprint density at radius 2 is 1.44 bits per heavy atom. The van der Waals surface area contributed by atoms with Crippen LogP contribution in [-0.4, -0.2) is 59.3 Å². The van der Waals surface area contributed by atoms with Crippen molar-refractivity contribution in [3.8, 4) is 0 Å². The molecule has 1 fully saturated rings. The van der Waals surface area contributed by atoms with Crippen LogP contribution in [0.5, 0.6) is 0 Å². The fourth-order valence-electron chi connectivity index (χ4n) is 3.36. The molecule has 8 nitrogen and oxygen atoms in total. The highest BCUT2D eigenvalue weighted by molar-refractivity contribution is 5.92. The third-order valence-corrected chi connectivity index (χ3v) is 5.26. The zero-order chi connectivity index (χ0) is 26.1. The van der Waals surface area contributed by atoms with E-state index in [9.17, 15) is 22.4 Å². The quantitative estimate of drug-likeness (QED) is 0.512. The second-order valence-corrected chi connectivity index (χ2v) is 7.69. The van der Waals surface area contributed by atoms with Gasteiger partial charge in [-0.25, -0.2) is 14.2 Å². The van der Waals surface area contributed by atoms with E-state index in [1.54, 1.807) is 24.4 Å². The van der Waals surface area contributed by atoms with Crippen LogP contribution in [0.15, 0.2) is 67.1 Å². The second kappa shape index (κ2) is 12.0. The minimum Gasteiger partial charge on any atom is -0.475 e. The molecule has 3 aromatic rings. The van der Waals surface area contributed by atoms with Crippen LogP contribution in [0.1, 0.15) is 16.1 Å². The van der Waals surface area contributed by atoms with Crippen LogP contribution in [0.25, 0.3) is 0 Å². The van der Waals surface area contributed by atoms with E-state index in [0.717, 1.165) is 37.4 Å². The first kappa shape index (κ1) is 26.4. The summed E-state index contributed by atoms with van der Waals surface area (Å²) < 4.78 is 44.7. The lowest BCUT2D eigenvalue weighted by Gasteiger charge is -2.37. The average molecular weight is 505 g/mol. The molecule has 1 saturated heterocycles. The number of halogens is 4. The summed E-state index contributed by atoms with van der Waals surface area (Å²) in [5.41, 5.74) is 3.40. The van der Waals surface area contributed by atoms with E-state index in [0.29, 0.717) is 12.2 Å². The van der Waals surface area contributed by atoms with Gasteiger partial charge in [0, 0.05) is 50.8 Å². The Balaban J connectivity index is 0.000000454. The topological polar surface area (TPSA) is 98.7 Å². The maximum atomic E-state index is 12.9. The first-order valence-corrected chi connectivity index (χ1v) is 10.8. The number of rotatable bonds is 5. The molecule has 0 atom stereocenters. The van der Waals surface area contributed by atoms with E-state index in [1.165, 1.54) is 17.8 Å². The number of carboxylic acids is 1. The smallest absolute Gasteiger partial charge is 0.475 e. The molecule has 1 aromatic carbocycles. The Bertz CT molecular complexity index is 1140. The van der Waals surface area contributed by atoms with Crippen LogP contribution in [0.4, 0.5) is 28.9 Å². The second-order valence-electron chi connectivity index (χ2n) is 7.69. The highest BCUT2D eigenvalue weighted by Gasteiger charge is 2.38. The predicted octanol–water partition coefficient (Wildman–Crippen LogP) is 3.51. The number of aliphatic carboxylic acids is 1. The number of pyridine rings is 2. The van der Waals surface area contributed by atoms with Crippen molar-refractivity contribution in [1.29, 1.82) is 0 Å².